The van der Waals surface area contributed by atoms with Crippen molar-refractivity contribution in [1.29, 1.82) is 0 Å². The predicted octanol–water partition coefficient (Wildman–Crippen LogP) is -1.34. The van der Waals surface area contributed by atoms with E-state index in [1.165, 1.54) is 21.7 Å². The highest BCUT2D eigenvalue weighted by molar-refractivity contribution is 6.01. The first-order valence-electron chi connectivity index (χ1n) is 14.1. The van der Waals surface area contributed by atoms with Crippen LogP contribution in [-0.2, 0) is 41.9 Å². The number of aromatic nitrogens is 1. The number of nitrogens with two attached hydrogens (primary N) is 2. The molecular formula is C29H31F3N6O9. The first-order valence-corrected chi connectivity index (χ1v) is 14.1. The molecule has 1 aromatic carbocycles. The van der Waals surface area contributed by atoms with Gasteiger partial charge in [0.25, 0.3) is 11.8 Å². The summed E-state index contributed by atoms with van der Waals surface area (Å²) in [5, 5.41) is 11.4. The number of primary amides is 2. The molecule has 252 valence electrons. The zero-order chi connectivity index (χ0) is 34.9. The number of halogens is 3. The van der Waals surface area contributed by atoms with E-state index >= 15 is 0 Å². The minimum absolute atomic E-state index is 0.0456. The maximum Gasteiger partial charge on any atom is 0.430 e. The Morgan fingerprint density at radius 1 is 1.02 bits per heavy atom. The van der Waals surface area contributed by atoms with Crippen molar-refractivity contribution < 1.29 is 61.1 Å². The number of hydrogen-bond donors (Lipinski definition) is 3. The summed E-state index contributed by atoms with van der Waals surface area (Å²) in [7, 11) is 0. The van der Waals surface area contributed by atoms with Gasteiger partial charge in [-0.05, 0) is 30.9 Å². The number of nitrogens with one attached hydrogen (secondary N) is 1. The number of likely N-dealkylation sites (tertiary alicyclic amines) is 2. The molecule has 3 heterocycles. The van der Waals surface area contributed by atoms with Crippen molar-refractivity contribution in [1.82, 2.24) is 15.1 Å². The predicted molar refractivity (Wildman–Crippen MR) is 149 cm³/mol. The summed E-state index contributed by atoms with van der Waals surface area (Å²) in [5.41, 5.74) is 11.8. The summed E-state index contributed by atoms with van der Waals surface area (Å²) >= 11 is 0. The van der Waals surface area contributed by atoms with Crippen LogP contribution in [0.1, 0.15) is 41.6 Å². The summed E-state index contributed by atoms with van der Waals surface area (Å²) in [6.07, 6.45) is -2.21. The third kappa shape index (κ3) is 9.72. The number of carbonyl (C=O) groups excluding carboxylic acids is 7. The number of hydrogen-bond acceptors (Lipinski definition) is 9. The SMILES string of the molecule is NC(=O)c1ccc[n+](CC(NC(=O)[C@@H]2CCC(=O)N2C(=O)OCc2ccccc2)C(=O)N2CCC[C@H]2C(N)=O)c1.O=C([O-])C(F)(F)F. The van der Waals surface area contributed by atoms with Crippen molar-refractivity contribution in [3.63, 3.8) is 0 Å². The molecule has 0 radical (unpaired) electrons. The summed E-state index contributed by atoms with van der Waals surface area (Å²) in [4.78, 5) is 86.9. The molecule has 5 N–H and O–H groups in total. The largest absolute Gasteiger partial charge is 0.542 e. The number of carboxylic acid groups (broad SMARTS) is 1. The van der Waals surface area contributed by atoms with E-state index in [2.05, 4.69) is 5.32 Å². The van der Waals surface area contributed by atoms with E-state index in [1.54, 1.807) is 36.5 Å². The van der Waals surface area contributed by atoms with Crippen LogP contribution in [0.25, 0.3) is 0 Å². The van der Waals surface area contributed by atoms with Crippen LogP contribution < -0.4 is 26.5 Å². The second-order valence-electron chi connectivity index (χ2n) is 10.5. The smallest absolute Gasteiger partial charge is 0.430 e. The zero-order valence-electron chi connectivity index (χ0n) is 24.7. The van der Waals surface area contributed by atoms with E-state index in [0.29, 0.717) is 18.4 Å². The van der Waals surface area contributed by atoms with Crippen LogP contribution >= 0.6 is 0 Å². The molecule has 1 aromatic heterocycles. The van der Waals surface area contributed by atoms with Crippen molar-refractivity contribution >= 4 is 41.6 Å². The van der Waals surface area contributed by atoms with Crippen molar-refractivity contribution in [3.05, 3.63) is 66.0 Å². The average molecular weight is 665 g/mol. The van der Waals surface area contributed by atoms with Crippen molar-refractivity contribution in [2.45, 2.75) is 63.1 Å². The highest BCUT2D eigenvalue weighted by Gasteiger charge is 2.44. The number of aliphatic carboxylic acids is 1. The third-order valence-corrected chi connectivity index (χ3v) is 7.16. The van der Waals surface area contributed by atoms with Gasteiger partial charge in [0.2, 0.25) is 17.7 Å². The summed E-state index contributed by atoms with van der Waals surface area (Å²) < 4.78 is 38.3. The lowest BCUT2D eigenvalue weighted by molar-refractivity contribution is -0.697. The summed E-state index contributed by atoms with van der Waals surface area (Å²) in [6, 6.07) is 8.69. The Morgan fingerprint density at radius 3 is 2.28 bits per heavy atom. The molecule has 2 fully saturated rings. The number of rotatable bonds is 9. The standard InChI is InChI=1S/C27H30N6O7.C2HF3O2/c28-23(35)18-8-4-12-31(14-18)15-19(26(38)32-13-5-9-20(32)24(29)36)30-25(37)21-10-11-22(34)33(21)27(39)40-16-17-6-2-1-3-7-17;3-2(4,5)1(6)7/h1-4,6-8,12,14,19-21H,5,9-11,13,15-16H2,(H4-,28,29,30,35,36,37);(H,6,7)/t19?,20-,21-;/m0./s1. The van der Waals surface area contributed by atoms with Gasteiger partial charge in [-0.25, -0.2) is 14.3 Å². The molecular weight excluding hydrogens is 633 g/mol. The Hall–Kier alpha value is -5.55. The Kier molecular flexibility index (Phi) is 12.0. The molecule has 2 aromatic rings. The number of nitrogens with zero attached hydrogens (tertiary/aromatic N) is 3. The Morgan fingerprint density at radius 2 is 1.68 bits per heavy atom. The normalized spacial score (nSPS) is 18.1. The number of carboxylic acids is 1. The molecule has 0 aliphatic carbocycles. The quantitative estimate of drug-likeness (QED) is 0.269. The van der Waals surface area contributed by atoms with Gasteiger partial charge in [-0.3, -0.25) is 24.0 Å². The number of pyridine rings is 1. The van der Waals surface area contributed by atoms with Crippen LogP contribution in [0.15, 0.2) is 54.9 Å². The molecule has 0 bridgehead atoms. The Balaban J connectivity index is 0.000000771. The number of carbonyl (C=O) groups is 7. The van der Waals surface area contributed by atoms with Gasteiger partial charge in [-0.15, -0.1) is 0 Å². The zero-order valence-corrected chi connectivity index (χ0v) is 24.7. The fourth-order valence-electron chi connectivity index (χ4n) is 4.92. The molecule has 0 saturated carbocycles. The van der Waals surface area contributed by atoms with Gasteiger partial charge in [-0.1, -0.05) is 30.3 Å². The Labute approximate surface area is 265 Å². The van der Waals surface area contributed by atoms with Crippen molar-refractivity contribution in [2.24, 2.45) is 11.5 Å². The average Bonchev–Trinajstić information content (AvgIpc) is 3.67. The van der Waals surface area contributed by atoms with Crippen LogP contribution in [0.4, 0.5) is 18.0 Å². The number of alkyl halides is 3. The number of ether oxygens (including phenoxy) is 1. The van der Waals surface area contributed by atoms with Crippen LogP contribution in [0.5, 0.6) is 0 Å². The van der Waals surface area contributed by atoms with E-state index in [0.717, 1.165) is 4.90 Å². The van der Waals surface area contributed by atoms with Gasteiger partial charge < -0.3 is 36.3 Å². The van der Waals surface area contributed by atoms with Gasteiger partial charge in [0, 0.05) is 19.0 Å². The van der Waals surface area contributed by atoms with E-state index in [9.17, 15) is 41.9 Å². The molecule has 1 unspecified atom stereocenters. The molecule has 2 saturated heterocycles. The molecule has 6 amide bonds. The molecule has 2 aliphatic heterocycles. The molecule has 0 spiro atoms. The topological polar surface area (TPSA) is 226 Å². The van der Waals surface area contributed by atoms with Gasteiger partial charge in [-0.2, -0.15) is 13.2 Å². The number of benzene rings is 1. The van der Waals surface area contributed by atoms with Crippen LogP contribution in [0.3, 0.4) is 0 Å². The van der Waals surface area contributed by atoms with Gasteiger partial charge in [0.1, 0.15) is 30.2 Å². The molecule has 18 heteroatoms. The van der Waals surface area contributed by atoms with Crippen LogP contribution in [0, 0.1) is 0 Å². The van der Waals surface area contributed by atoms with Gasteiger partial charge in [0.05, 0.1) is 0 Å². The van der Waals surface area contributed by atoms with Crippen molar-refractivity contribution in [2.75, 3.05) is 6.54 Å². The fourth-order valence-corrected chi connectivity index (χ4v) is 4.92. The lowest BCUT2D eigenvalue weighted by atomic mass is 10.1. The van der Waals surface area contributed by atoms with E-state index < -0.39 is 65.9 Å². The highest BCUT2D eigenvalue weighted by Crippen LogP contribution is 2.22. The van der Waals surface area contributed by atoms with E-state index in [1.807, 2.05) is 6.07 Å². The second kappa shape index (κ2) is 15.6. The van der Waals surface area contributed by atoms with Crippen molar-refractivity contribution in [3.8, 4) is 0 Å². The van der Waals surface area contributed by atoms with Gasteiger partial charge in [0.15, 0.2) is 25.0 Å². The molecule has 15 nitrogen and oxygen atoms in total. The lowest BCUT2D eigenvalue weighted by Crippen LogP contribution is -2.60. The van der Waals surface area contributed by atoms with Crippen LogP contribution in [0.2, 0.25) is 0 Å². The first-order chi connectivity index (χ1) is 22.1. The number of amides is 6. The van der Waals surface area contributed by atoms with E-state index in [-0.39, 0.29) is 38.1 Å². The second-order valence-corrected chi connectivity index (χ2v) is 10.5. The highest BCUT2D eigenvalue weighted by atomic mass is 19.4. The maximum absolute atomic E-state index is 13.6. The molecule has 2 aliphatic rings. The lowest BCUT2D eigenvalue weighted by Gasteiger charge is -2.28. The number of imide groups is 1. The Bertz CT molecular complexity index is 1520. The van der Waals surface area contributed by atoms with Gasteiger partial charge >= 0.3 is 12.3 Å². The summed E-state index contributed by atoms with van der Waals surface area (Å²) in [5.74, 6) is -6.21. The first kappa shape index (κ1) is 35.9. The van der Waals surface area contributed by atoms with Crippen LogP contribution in [-0.4, -0.2) is 82.2 Å². The molecule has 3 atom stereocenters. The minimum Gasteiger partial charge on any atom is -0.542 e. The minimum atomic E-state index is -5.19. The van der Waals surface area contributed by atoms with E-state index in [4.69, 9.17) is 26.1 Å². The fraction of sp³-hybridized carbons (Fsp3) is 0.379. The maximum atomic E-state index is 13.6. The third-order valence-electron chi connectivity index (χ3n) is 7.16. The molecule has 4 rings (SSSR count). The monoisotopic (exact) mass is 664 g/mol. The molecule has 47 heavy (non-hydrogen) atoms. The summed E-state index contributed by atoms with van der Waals surface area (Å²) in [6.45, 7) is 0.0622.